The highest BCUT2D eigenvalue weighted by Gasteiger charge is 2.45. The molecule has 1 atom stereocenters. The molecule has 3 N–H and O–H groups in total. The molecule has 7 aromatic rings. The van der Waals surface area contributed by atoms with Gasteiger partial charge in [-0.05, 0) is 128 Å². The van der Waals surface area contributed by atoms with E-state index in [0.717, 1.165) is 40.2 Å². The van der Waals surface area contributed by atoms with Gasteiger partial charge in [-0.15, -0.1) is 9.24 Å². The fourth-order valence-electron chi connectivity index (χ4n) is 8.78. The number of benzene rings is 7. The number of fused-ring (bicyclic) bond motifs is 4. The average Bonchev–Trinajstić information content (AvgIpc) is 3.87. The third-order valence-corrected chi connectivity index (χ3v) is 12.7. The fraction of sp³-hybridized carbons (Fsp3) is 0.0877. The second kappa shape index (κ2) is 18.5. The number of para-hydroxylation sites is 1. The quantitative estimate of drug-likeness (QED) is 0.164. The number of rotatable bonds is 6. The lowest BCUT2D eigenvalue weighted by Gasteiger charge is -2.33. The summed E-state index contributed by atoms with van der Waals surface area (Å²) in [6.07, 6.45) is 11.2. The Hall–Kier alpha value is -6.38. The predicted octanol–water partition coefficient (Wildman–Crippen LogP) is 15.2. The molecule has 0 amide bonds. The first kappa shape index (κ1) is 41.4. The van der Waals surface area contributed by atoms with Crippen molar-refractivity contribution in [3.8, 4) is 22.3 Å². The van der Waals surface area contributed by atoms with Gasteiger partial charge in [0.1, 0.15) is 0 Å². The van der Waals surface area contributed by atoms with Crippen molar-refractivity contribution in [1.29, 1.82) is 0 Å². The first-order valence-electron chi connectivity index (χ1n) is 20.8. The number of allylic oxidation sites excluding steroid dienone is 8. The summed E-state index contributed by atoms with van der Waals surface area (Å²) in [5.41, 5.74) is 25.1. The first-order valence-corrected chi connectivity index (χ1v) is 22.8. The molecule has 0 saturated carbocycles. The Morgan fingerprint density at radius 1 is 0.590 bits per heavy atom. The van der Waals surface area contributed by atoms with Crippen LogP contribution in [0.1, 0.15) is 52.3 Å². The van der Waals surface area contributed by atoms with Crippen LogP contribution in [0.3, 0.4) is 0 Å². The highest BCUT2D eigenvalue weighted by atomic mass is 32.2. The summed E-state index contributed by atoms with van der Waals surface area (Å²) in [6.45, 7) is 10.2. The molecule has 2 nitrogen and oxygen atoms in total. The zero-order valence-corrected chi connectivity index (χ0v) is 37.0. The Kier molecular flexibility index (Phi) is 12.5. The lowest BCUT2D eigenvalue weighted by molar-refractivity contribution is 0.768. The summed E-state index contributed by atoms with van der Waals surface area (Å²) < 4.78 is 0. The third-order valence-electron chi connectivity index (χ3n) is 11.7. The highest BCUT2D eigenvalue weighted by Crippen LogP contribution is 2.56. The smallest absolute Gasteiger partial charge is 0.0713 e. The van der Waals surface area contributed by atoms with E-state index in [9.17, 15) is 0 Å². The molecule has 61 heavy (non-hydrogen) atoms. The van der Waals surface area contributed by atoms with Crippen molar-refractivity contribution in [2.75, 3.05) is 12.0 Å². The van der Waals surface area contributed by atoms with Crippen molar-refractivity contribution in [2.45, 2.75) is 30.6 Å². The number of thioether (sulfide) groups is 1. The molecule has 0 bridgehead atoms. The van der Waals surface area contributed by atoms with Crippen molar-refractivity contribution in [2.24, 2.45) is 5.73 Å². The van der Waals surface area contributed by atoms with E-state index in [1.54, 1.807) is 11.8 Å². The zero-order valence-electron chi connectivity index (χ0n) is 35.0. The number of nitrogens with two attached hydrogens (primary N) is 1. The van der Waals surface area contributed by atoms with Crippen LogP contribution in [0, 0.1) is 6.92 Å². The minimum Gasteiger partial charge on any atom is -0.398 e. The summed E-state index contributed by atoms with van der Waals surface area (Å²) in [4.78, 5) is 2.59. The Balaban J connectivity index is 0.000000271. The predicted molar refractivity (Wildman–Crippen MR) is 268 cm³/mol. The molecule has 0 aromatic heterocycles. The van der Waals surface area contributed by atoms with Crippen molar-refractivity contribution in [3.05, 3.63) is 256 Å². The van der Waals surface area contributed by atoms with Crippen LogP contribution in [0.5, 0.6) is 0 Å². The van der Waals surface area contributed by atoms with Crippen LogP contribution < -0.4 is 11.1 Å². The molecule has 0 fully saturated rings. The van der Waals surface area contributed by atoms with Gasteiger partial charge in [0.05, 0.1) is 5.41 Å². The molecule has 3 aliphatic rings. The average molecular weight is 827 g/mol. The molecule has 2 aliphatic carbocycles. The van der Waals surface area contributed by atoms with Gasteiger partial charge in [-0.1, -0.05) is 189 Å². The van der Waals surface area contributed by atoms with E-state index < -0.39 is 5.41 Å². The van der Waals surface area contributed by atoms with Gasteiger partial charge < -0.3 is 11.1 Å². The molecule has 0 spiro atoms. The van der Waals surface area contributed by atoms with Gasteiger partial charge in [0.25, 0.3) is 0 Å². The monoisotopic (exact) mass is 826 g/mol. The van der Waals surface area contributed by atoms with Crippen LogP contribution in [0.25, 0.3) is 33.4 Å². The molecule has 1 aliphatic heterocycles. The standard InChI is InChI=1S/C43H34N2.C13H12S.CH5P/c1-29-13-8-11-22-41(29)45-42-26-24-31(28-37(42)35-19-12-21-40(35)44)30-23-25-39-36(27-30)34-18-9-10-20-38(34)43(39,32-14-4-2-5-15-32)33-16-6-3-7-17-33;1-10-6-5-7-11(2)14-13-9-4-3-8-12(10)13;1-2/h2-18,20-28,45H,19,44H2,1H3;3-9H,1H2,2H3;2H2,1H3/b;6-5-,11-7-;. The van der Waals surface area contributed by atoms with Crippen LogP contribution in [0.4, 0.5) is 11.4 Å². The van der Waals surface area contributed by atoms with E-state index in [-0.39, 0.29) is 0 Å². The number of hydrogen-bond acceptors (Lipinski definition) is 3. The van der Waals surface area contributed by atoms with Gasteiger partial charge in [0.2, 0.25) is 0 Å². The van der Waals surface area contributed by atoms with Crippen LogP contribution in [0.2, 0.25) is 0 Å². The van der Waals surface area contributed by atoms with Crippen LogP contribution in [0.15, 0.2) is 222 Å². The largest absolute Gasteiger partial charge is 0.398 e. The normalized spacial score (nSPS) is 15.6. The fourth-order valence-corrected chi connectivity index (χ4v) is 9.72. The van der Waals surface area contributed by atoms with Gasteiger partial charge in [-0.3, -0.25) is 0 Å². The second-order valence-electron chi connectivity index (χ2n) is 15.3. The van der Waals surface area contributed by atoms with E-state index in [1.165, 1.54) is 65.4 Å². The Bertz CT molecular complexity index is 2810. The van der Waals surface area contributed by atoms with Gasteiger partial charge in [0.15, 0.2) is 0 Å². The molecule has 10 rings (SSSR count). The Labute approximate surface area is 368 Å². The van der Waals surface area contributed by atoms with Crippen molar-refractivity contribution >= 4 is 43.5 Å². The molecular weight excluding hydrogens is 776 g/mol. The molecule has 4 heteroatoms. The van der Waals surface area contributed by atoms with Crippen LogP contribution in [-0.4, -0.2) is 6.66 Å². The van der Waals surface area contributed by atoms with E-state index in [2.05, 4.69) is 229 Å². The number of nitrogens with one attached hydrogen (secondary N) is 1. The second-order valence-corrected chi connectivity index (χ2v) is 16.6. The summed E-state index contributed by atoms with van der Waals surface area (Å²) in [5, 5.41) is 3.70. The Morgan fingerprint density at radius 3 is 1.87 bits per heavy atom. The highest BCUT2D eigenvalue weighted by molar-refractivity contribution is 8.03. The topological polar surface area (TPSA) is 38.0 Å². The van der Waals surface area contributed by atoms with Crippen molar-refractivity contribution in [1.82, 2.24) is 0 Å². The number of anilines is 2. The minimum absolute atomic E-state index is 0.395. The molecule has 0 radical (unpaired) electrons. The van der Waals surface area contributed by atoms with E-state index in [1.807, 2.05) is 12.7 Å². The molecule has 7 aromatic carbocycles. The van der Waals surface area contributed by atoms with Gasteiger partial charge >= 0.3 is 0 Å². The molecule has 1 unspecified atom stereocenters. The summed E-state index contributed by atoms with van der Waals surface area (Å²) in [6, 6.07) is 61.4. The van der Waals surface area contributed by atoms with E-state index >= 15 is 0 Å². The van der Waals surface area contributed by atoms with Gasteiger partial charge in [0, 0.05) is 27.5 Å². The zero-order chi connectivity index (χ0) is 42.3. The molecule has 300 valence electrons. The molecule has 0 saturated heterocycles. The maximum absolute atomic E-state index is 6.52. The van der Waals surface area contributed by atoms with Crippen LogP contribution >= 0.6 is 21.0 Å². The molecule has 1 heterocycles. The maximum Gasteiger partial charge on any atom is 0.0713 e. The van der Waals surface area contributed by atoms with Gasteiger partial charge in [-0.2, -0.15) is 0 Å². The first-order chi connectivity index (χ1) is 29.9. The third kappa shape index (κ3) is 8.12. The summed E-state index contributed by atoms with van der Waals surface area (Å²) in [5.74, 6) is 0. The van der Waals surface area contributed by atoms with Crippen LogP contribution in [-0.2, 0) is 5.41 Å². The van der Waals surface area contributed by atoms with E-state index in [4.69, 9.17) is 5.73 Å². The van der Waals surface area contributed by atoms with E-state index in [0.29, 0.717) is 0 Å². The number of aryl methyl sites for hydroxylation is 1. The lowest BCUT2D eigenvalue weighted by Crippen LogP contribution is -2.28. The lowest BCUT2D eigenvalue weighted by atomic mass is 9.67. The maximum atomic E-state index is 6.52. The van der Waals surface area contributed by atoms with Gasteiger partial charge in [-0.25, -0.2) is 0 Å². The SMILES string of the molecule is C=C1/C=C\C=C(\C)Sc2ccccc21.CP.Cc1ccccc1Nc1ccc(-c2ccc3c(c2)-c2ccccc2C3(c2ccccc2)c2ccccc2)cc1C1=C(N)C=CC1. The van der Waals surface area contributed by atoms with Crippen molar-refractivity contribution in [3.63, 3.8) is 0 Å². The molecular formula is C57H51N2PS. The minimum atomic E-state index is -0.395. The summed E-state index contributed by atoms with van der Waals surface area (Å²) in [7, 11) is 2.42. The van der Waals surface area contributed by atoms with Crippen molar-refractivity contribution < 1.29 is 0 Å². The summed E-state index contributed by atoms with van der Waals surface area (Å²) >= 11 is 1.80. The Morgan fingerprint density at radius 2 is 1.18 bits per heavy atom. The number of hydrogen-bond donors (Lipinski definition) is 2.